The summed E-state index contributed by atoms with van der Waals surface area (Å²) in [6.45, 7) is 1.36. The number of halogens is 1. The molecule has 1 aliphatic rings. The number of nitrogens with one attached hydrogen (secondary N) is 1. The largest absolute Gasteiger partial charge is 0.370 e. The second kappa shape index (κ2) is 7.44. The van der Waals surface area contributed by atoms with Crippen LogP contribution >= 0.6 is 11.6 Å². The number of hydrogen-bond donors (Lipinski definition) is 1. The van der Waals surface area contributed by atoms with Gasteiger partial charge in [-0.1, -0.05) is 29.8 Å². The van der Waals surface area contributed by atoms with E-state index < -0.39 is 10.0 Å². The van der Waals surface area contributed by atoms with Gasteiger partial charge < -0.3 is 4.90 Å². The van der Waals surface area contributed by atoms with E-state index in [2.05, 4.69) is 15.7 Å². The third-order valence-electron chi connectivity index (χ3n) is 4.29. The fourth-order valence-corrected chi connectivity index (χ4v) is 4.50. The monoisotopic (exact) mass is 375 g/mol. The molecule has 5 nitrogen and oxygen atoms in total. The lowest BCUT2D eigenvalue weighted by atomic mass is 10.0. The molecule has 130 valence electrons. The molecular formula is C18H18ClN3O2S. The van der Waals surface area contributed by atoms with Crippen LogP contribution in [0.5, 0.6) is 0 Å². The number of nitrogens with zero attached hydrogens (tertiary/aromatic N) is 2. The van der Waals surface area contributed by atoms with E-state index in [1.165, 1.54) is 0 Å². The molecule has 0 unspecified atom stereocenters. The minimum absolute atomic E-state index is 0.112. The van der Waals surface area contributed by atoms with Gasteiger partial charge in [-0.2, -0.15) is 5.26 Å². The summed E-state index contributed by atoms with van der Waals surface area (Å²) in [4.78, 5) is 2.38. The van der Waals surface area contributed by atoms with Crippen LogP contribution in [0, 0.1) is 11.3 Å². The summed E-state index contributed by atoms with van der Waals surface area (Å²) in [6, 6.07) is 15.7. The molecule has 2 aromatic carbocycles. The van der Waals surface area contributed by atoms with E-state index in [9.17, 15) is 13.7 Å². The maximum atomic E-state index is 12.4. The summed E-state index contributed by atoms with van der Waals surface area (Å²) in [5, 5.41) is 9.81. The summed E-state index contributed by atoms with van der Waals surface area (Å²) in [7, 11) is -3.50. The Labute approximate surface area is 152 Å². The van der Waals surface area contributed by atoms with Crippen molar-refractivity contribution in [1.29, 1.82) is 5.26 Å². The lowest BCUT2D eigenvalue weighted by Gasteiger charge is -2.34. The van der Waals surface area contributed by atoms with Gasteiger partial charge in [0, 0.05) is 24.2 Å². The van der Waals surface area contributed by atoms with Gasteiger partial charge >= 0.3 is 0 Å². The maximum absolute atomic E-state index is 12.4. The normalized spacial score (nSPS) is 15.8. The Morgan fingerprint density at radius 3 is 2.44 bits per heavy atom. The summed E-state index contributed by atoms with van der Waals surface area (Å²) in [5.41, 5.74) is 1.38. The van der Waals surface area contributed by atoms with Crippen molar-refractivity contribution in [3.05, 3.63) is 59.1 Å². The van der Waals surface area contributed by atoms with Gasteiger partial charge in [-0.3, -0.25) is 0 Å². The van der Waals surface area contributed by atoms with Gasteiger partial charge in [0.2, 0.25) is 10.0 Å². The van der Waals surface area contributed by atoms with Crippen LogP contribution in [-0.4, -0.2) is 27.5 Å². The number of anilines is 1. The van der Waals surface area contributed by atoms with Crippen LogP contribution in [0.2, 0.25) is 5.02 Å². The van der Waals surface area contributed by atoms with Crippen molar-refractivity contribution in [3.8, 4) is 6.07 Å². The van der Waals surface area contributed by atoms with Crippen LogP contribution in [0.1, 0.15) is 18.4 Å². The van der Waals surface area contributed by atoms with Gasteiger partial charge in [0.05, 0.1) is 16.1 Å². The lowest BCUT2D eigenvalue weighted by Crippen LogP contribution is -2.44. The molecule has 1 N–H and O–H groups in total. The summed E-state index contributed by atoms with van der Waals surface area (Å²) < 4.78 is 27.6. The standard InChI is InChI=1S/C18H18ClN3O2S/c19-15-6-7-18(14(12-15)13-20)22-10-8-16(9-11-22)21-25(23,24)17-4-2-1-3-5-17/h1-7,12,16,21H,8-11H2. The van der Waals surface area contributed by atoms with E-state index in [4.69, 9.17) is 11.6 Å². The Kier molecular flexibility index (Phi) is 5.28. The van der Waals surface area contributed by atoms with Gasteiger partial charge in [-0.05, 0) is 43.2 Å². The molecule has 1 aliphatic heterocycles. The van der Waals surface area contributed by atoms with Crippen molar-refractivity contribution in [3.63, 3.8) is 0 Å². The SMILES string of the molecule is N#Cc1cc(Cl)ccc1N1CCC(NS(=O)(=O)c2ccccc2)CC1. The molecule has 0 radical (unpaired) electrons. The molecular weight excluding hydrogens is 358 g/mol. The number of piperidine rings is 1. The van der Waals surface area contributed by atoms with Crippen LogP contribution in [0.25, 0.3) is 0 Å². The zero-order valence-corrected chi connectivity index (χ0v) is 15.1. The molecule has 0 bridgehead atoms. The first-order chi connectivity index (χ1) is 12.0. The summed E-state index contributed by atoms with van der Waals surface area (Å²) in [5.74, 6) is 0. The molecule has 3 rings (SSSR count). The van der Waals surface area contributed by atoms with Gasteiger partial charge in [0.1, 0.15) is 6.07 Å². The first-order valence-electron chi connectivity index (χ1n) is 8.01. The van der Waals surface area contributed by atoms with E-state index in [0.29, 0.717) is 36.5 Å². The average molecular weight is 376 g/mol. The first kappa shape index (κ1) is 17.7. The molecule has 0 spiro atoms. The summed E-state index contributed by atoms with van der Waals surface area (Å²) in [6.07, 6.45) is 1.36. The fraction of sp³-hybridized carbons (Fsp3) is 0.278. The van der Waals surface area contributed by atoms with Crippen LogP contribution in [0.3, 0.4) is 0 Å². The third-order valence-corrected chi connectivity index (χ3v) is 6.06. The molecule has 1 saturated heterocycles. The average Bonchev–Trinajstić information content (AvgIpc) is 2.63. The highest BCUT2D eigenvalue weighted by molar-refractivity contribution is 7.89. The highest BCUT2D eigenvalue weighted by atomic mass is 35.5. The molecule has 0 aromatic heterocycles. The molecule has 0 saturated carbocycles. The quantitative estimate of drug-likeness (QED) is 0.890. The van der Waals surface area contributed by atoms with Crippen molar-refractivity contribution in [2.75, 3.05) is 18.0 Å². The number of rotatable bonds is 4. The Hall–Kier alpha value is -2.07. The molecule has 7 heteroatoms. The van der Waals surface area contributed by atoms with E-state index in [1.807, 2.05) is 6.07 Å². The Balaban J connectivity index is 1.66. The second-order valence-electron chi connectivity index (χ2n) is 5.97. The van der Waals surface area contributed by atoms with Crippen LogP contribution in [-0.2, 0) is 10.0 Å². The van der Waals surface area contributed by atoms with Crippen molar-refractivity contribution in [2.24, 2.45) is 0 Å². The first-order valence-corrected chi connectivity index (χ1v) is 9.88. The highest BCUT2D eigenvalue weighted by Crippen LogP contribution is 2.27. The zero-order chi connectivity index (χ0) is 17.9. The van der Waals surface area contributed by atoms with E-state index in [1.54, 1.807) is 42.5 Å². The molecule has 1 fully saturated rings. The highest BCUT2D eigenvalue weighted by Gasteiger charge is 2.25. The Morgan fingerprint density at radius 1 is 1.12 bits per heavy atom. The minimum Gasteiger partial charge on any atom is -0.370 e. The van der Waals surface area contributed by atoms with E-state index in [0.717, 1.165) is 5.69 Å². The van der Waals surface area contributed by atoms with Gasteiger partial charge in [0.25, 0.3) is 0 Å². The van der Waals surface area contributed by atoms with Crippen LogP contribution in [0.4, 0.5) is 5.69 Å². The van der Waals surface area contributed by atoms with E-state index >= 15 is 0 Å². The number of hydrogen-bond acceptors (Lipinski definition) is 4. The predicted octanol–water partition coefficient (Wildman–Crippen LogP) is 3.16. The molecule has 0 amide bonds. The van der Waals surface area contributed by atoms with E-state index in [-0.39, 0.29) is 10.9 Å². The third kappa shape index (κ3) is 4.13. The van der Waals surface area contributed by atoms with Gasteiger partial charge in [-0.15, -0.1) is 0 Å². The summed E-state index contributed by atoms with van der Waals surface area (Å²) >= 11 is 5.94. The van der Waals surface area contributed by atoms with Crippen molar-refractivity contribution in [1.82, 2.24) is 4.72 Å². The molecule has 0 aliphatic carbocycles. The smallest absolute Gasteiger partial charge is 0.240 e. The topological polar surface area (TPSA) is 73.2 Å². The molecule has 25 heavy (non-hydrogen) atoms. The van der Waals surface area contributed by atoms with Crippen molar-refractivity contribution < 1.29 is 8.42 Å². The number of sulfonamides is 1. The minimum atomic E-state index is -3.50. The van der Waals surface area contributed by atoms with Crippen molar-refractivity contribution in [2.45, 2.75) is 23.8 Å². The molecule has 2 aromatic rings. The number of nitriles is 1. The fourth-order valence-electron chi connectivity index (χ4n) is 3.00. The molecule has 1 heterocycles. The maximum Gasteiger partial charge on any atom is 0.240 e. The second-order valence-corrected chi connectivity index (χ2v) is 8.12. The van der Waals surface area contributed by atoms with Crippen molar-refractivity contribution >= 4 is 27.3 Å². The Bertz CT molecular complexity index is 886. The van der Waals surface area contributed by atoms with Crippen LogP contribution in [0.15, 0.2) is 53.4 Å². The predicted molar refractivity (Wildman–Crippen MR) is 98.2 cm³/mol. The zero-order valence-electron chi connectivity index (χ0n) is 13.5. The number of benzene rings is 2. The lowest BCUT2D eigenvalue weighted by molar-refractivity contribution is 0.460. The van der Waals surface area contributed by atoms with Crippen LogP contribution < -0.4 is 9.62 Å². The van der Waals surface area contributed by atoms with Gasteiger partial charge in [0.15, 0.2) is 0 Å². The molecule has 0 atom stereocenters. The Morgan fingerprint density at radius 2 is 1.80 bits per heavy atom. The van der Waals surface area contributed by atoms with Gasteiger partial charge in [-0.25, -0.2) is 13.1 Å².